The van der Waals surface area contributed by atoms with E-state index in [2.05, 4.69) is 24.0 Å². The number of nitrogens with zero attached hydrogens (tertiary/aromatic N) is 1. The molecule has 6 heteroatoms. The largest absolute Gasteiger partial charge is 0.464 e. The first-order valence-electron chi connectivity index (χ1n) is 8.72. The van der Waals surface area contributed by atoms with Crippen LogP contribution in [-0.2, 0) is 16.4 Å². The summed E-state index contributed by atoms with van der Waals surface area (Å²) in [6.07, 6.45) is 1.64. The van der Waals surface area contributed by atoms with Crippen molar-refractivity contribution in [3.8, 4) is 11.3 Å². The van der Waals surface area contributed by atoms with Crippen molar-refractivity contribution in [1.82, 2.24) is 4.90 Å². The van der Waals surface area contributed by atoms with E-state index in [1.165, 1.54) is 9.75 Å². The molecule has 1 aromatic carbocycles. The fourth-order valence-electron chi connectivity index (χ4n) is 4.24. The molecule has 1 fully saturated rings. The van der Waals surface area contributed by atoms with E-state index in [0.717, 1.165) is 30.0 Å². The number of likely N-dealkylation sites (tertiary alicyclic amines) is 1. The molecule has 1 saturated heterocycles. The molecule has 4 nitrogen and oxygen atoms in total. The van der Waals surface area contributed by atoms with Crippen LogP contribution in [0, 0.1) is 6.92 Å². The summed E-state index contributed by atoms with van der Waals surface area (Å²) in [5.41, 5.74) is 1.89. The number of hydrogen-bond acceptors (Lipinski definition) is 5. The van der Waals surface area contributed by atoms with Crippen LogP contribution in [0.4, 0.5) is 0 Å². The van der Waals surface area contributed by atoms with Crippen molar-refractivity contribution in [2.24, 2.45) is 0 Å². The van der Waals surface area contributed by atoms with Gasteiger partial charge in [0.1, 0.15) is 5.76 Å². The molecule has 26 heavy (non-hydrogen) atoms. The minimum absolute atomic E-state index is 0.0472. The number of thiophene rings is 1. The van der Waals surface area contributed by atoms with E-state index in [4.69, 9.17) is 4.42 Å². The zero-order chi connectivity index (χ0) is 17.9. The summed E-state index contributed by atoms with van der Waals surface area (Å²) in [6, 6.07) is 13.6. The molecule has 0 unspecified atom stereocenters. The Morgan fingerprint density at radius 2 is 2.08 bits per heavy atom. The van der Waals surface area contributed by atoms with E-state index < -0.39 is 9.84 Å². The molecule has 0 bridgehead atoms. The predicted molar refractivity (Wildman–Crippen MR) is 102 cm³/mol. The van der Waals surface area contributed by atoms with Crippen LogP contribution in [0.15, 0.2) is 58.0 Å². The molecule has 0 radical (unpaired) electrons. The normalized spacial score (nSPS) is 23.9. The van der Waals surface area contributed by atoms with Crippen LogP contribution >= 0.6 is 11.3 Å². The molecule has 0 aliphatic carbocycles. The molecule has 2 aromatic heterocycles. The zero-order valence-electron chi connectivity index (χ0n) is 14.4. The molecular formula is C20H19NO3S2. The molecule has 134 valence electrons. The molecule has 0 spiro atoms. The number of sulfone groups is 1. The Morgan fingerprint density at radius 3 is 2.81 bits per heavy atom. The van der Waals surface area contributed by atoms with Gasteiger partial charge in [0.15, 0.2) is 9.84 Å². The summed E-state index contributed by atoms with van der Waals surface area (Å²) >= 11 is 1.79. The lowest BCUT2D eigenvalue weighted by Crippen LogP contribution is -2.25. The quantitative estimate of drug-likeness (QED) is 0.682. The van der Waals surface area contributed by atoms with Crippen LogP contribution in [0.5, 0.6) is 0 Å². The summed E-state index contributed by atoms with van der Waals surface area (Å²) in [4.78, 5) is 5.38. The predicted octanol–water partition coefficient (Wildman–Crippen LogP) is 4.07. The van der Waals surface area contributed by atoms with Gasteiger partial charge in [-0.2, -0.15) is 0 Å². The lowest BCUT2D eigenvalue weighted by molar-refractivity contribution is 0.328. The standard InChI is InChI=1S/C20H19NO3S2/c1-13-4-6-15(25-13)10-21-11-17-16-9-14(18-3-2-8-24-18)5-7-19(16)26(22,23)20(17)12-21/h2-9,17,20H,10-12H2,1H3/t17-,20-/m0/s1. The second kappa shape index (κ2) is 5.81. The Labute approximate surface area is 157 Å². The van der Waals surface area contributed by atoms with Crippen molar-refractivity contribution in [3.05, 3.63) is 64.0 Å². The van der Waals surface area contributed by atoms with E-state index in [9.17, 15) is 8.42 Å². The monoisotopic (exact) mass is 385 g/mol. The van der Waals surface area contributed by atoms with Crippen molar-refractivity contribution >= 4 is 21.2 Å². The molecule has 2 aliphatic heterocycles. The van der Waals surface area contributed by atoms with Crippen LogP contribution in [-0.4, -0.2) is 31.7 Å². The van der Waals surface area contributed by atoms with Gasteiger partial charge in [0, 0.05) is 40.9 Å². The molecule has 4 heterocycles. The van der Waals surface area contributed by atoms with Crippen LogP contribution in [0.25, 0.3) is 11.3 Å². The van der Waals surface area contributed by atoms with Gasteiger partial charge in [-0.3, -0.25) is 4.90 Å². The summed E-state index contributed by atoms with van der Waals surface area (Å²) in [5.74, 6) is 0.823. The average Bonchev–Trinajstić information content (AvgIpc) is 3.37. The average molecular weight is 386 g/mol. The minimum atomic E-state index is -3.26. The van der Waals surface area contributed by atoms with Crippen molar-refractivity contribution in [2.45, 2.75) is 29.5 Å². The SMILES string of the molecule is Cc1ccc(CN2C[C@H]3c4cc(-c5ccco5)ccc4S(=O)(=O)[C@H]3C2)s1. The number of rotatable bonds is 3. The molecule has 0 N–H and O–H groups in total. The maximum absolute atomic E-state index is 13.0. The smallest absolute Gasteiger partial charge is 0.183 e. The van der Waals surface area contributed by atoms with Crippen molar-refractivity contribution in [3.63, 3.8) is 0 Å². The highest BCUT2D eigenvalue weighted by Gasteiger charge is 2.50. The van der Waals surface area contributed by atoms with E-state index >= 15 is 0 Å². The molecule has 2 atom stereocenters. The van der Waals surface area contributed by atoms with Gasteiger partial charge >= 0.3 is 0 Å². The Hall–Kier alpha value is -1.89. The summed E-state index contributed by atoms with van der Waals surface area (Å²) in [6.45, 7) is 4.32. The van der Waals surface area contributed by atoms with Crippen molar-refractivity contribution in [1.29, 1.82) is 0 Å². The number of fused-ring (bicyclic) bond motifs is 3. The third kappa shape index (κ3) is 2.47. The van der Waals surface area contributed by atoms with E-state index in [-0.39, 0.29) is 11.2 Å². The first kappa shape index (κ1) is 16.3. The van der Waals surface area contributed by atoms with E-state index in [0.29, 0.717) is 11.4 Å². The summed E-state index contributed by atoms with van der Waals surface area (Å²) in [5, 5.41) is -0.328. The number of benzene rings is 1. The second-order valence-corrected chi connectivity index (χ2v) is 10.6. The van der Waals surface area contributed by atoms with Gasteiger partial charge < -0.3 is 4.42 Å². The first-order valence-corrected chi connectivity index (χ1v) is 11.1. The topological polar surface area (TPSA) is 50.5 Å². The first-order chi connectivity index (χ1) is 12.5. The highest BCUT2D eigenvalue weighted by Crippen LogP contribution is 2.46. The van der Waals surface area contributed by atoms with Gasteiger partial charge in [-0.1, -0.05) is 0 Å². The van der Waals surface area contributed by atoms with E-state index in [1.807, 2.05) is 24.3 Å². The summed E-state index contributed by atoms with van der Waals surface area (Å²) < 4.78 is 31.5. The highest BCUT2D eigenvalue weighted by molar-refractivity contribution is 7.92. The zero-order valence-corrected chi connectivity index (χ0v) is 16.0. The Morgan fingerprint density at radius 1 is 1.19 bits per heavy atom. The number of hydrogen-bond donors (Lipinski definition) is 0. The fraction of sp³-hybridized carbons (Fsp3) is 0.300. The Balaban J connectivity index is 1.48. The molecule has 2 aliphatic rings. The van der Waals surface area contributed by atoms with Crippen molar-refractivity contribution in [2.75, 3.05) is 13.1 Å². The lowest BCUT2D eigenvalue weighted by Gasteiger charge is -2.16. The minimum Gasteiger partial charge on any atom is -0.464 e. The van der Waals surface area contributed by atoms with Crippen LogP contribution in [0.2, 0.25) is 0 Å². The van der Waals surface area contributed by atoms with Gasteiger partial charge in [0.2, 0.25) is 0 Å². The third-order valence-corrected chi connectivity index (χ3v) is 8.68. The van der Waals surface area contributed by atoms with Crippen LogP contribution in [0.3, 0.4) is 0 Å². The maximum Gasteiger partial charge on any atom is 0.183 e. The van der Waals surface area contributed by atoms with Gasteiger partial charge in [-0.25, -0.2) is 8.42 Å². The lowest BCUT2D eigenvalue weighted by atomic mass is 9.96. The third-order valence-electron chi connectivity index (χ3n) is 5.44. The number of aryl methyl sites for hydroxylation is 1. The molecule has 0 amide bonds. The van der Waals surface area contributed by atoms with Crippen molar-refractivity contribution < 1.29 is 12.8 Å². The molecule has 3 aromatic rings. The number of furan rings is 1. The maximum atomic E-state index is 13.0. The molecule has 5 rings (SSSR count). The van der Waals surface area contributed by atoms with Crippen LogP contribution in [0.1, 0.15) is 21.2 Å². The van der Waals surface area contributed by atoms with Gasteiger partial charge in [0.25, 0.3) is 0 Å². The van der Waals surface area contributed by atoms with Gasteiger partial charge in [-0.15, -0.1) is 11.3 Å². The summed E-state index contributed by atoms with van der Waals surface area (Å²) in [7, 11) is -3.26. The molecule has 0 saturated carbocycles. The van der Waals surface area contributed by atoms with Crippen LogP contribution < -0.4 is 0 Å². The van der Waals surface area contributed by atoms with E-state index in [1.54, 1.807) is 23.7 Å². The second-order valence-electron chi connectivity index (χ2n) is 7.13. The Kier molecular flexibility index (Phi) is 3.64. The highest BCUT2D eigenvalue weighted by atomic mass is 32.2. The van der Waals surface area contributed by atoms with Gasteiger partial charge in [-0.05, 0) is 55.0 Å². The molecular weight excluding hydrogens is 366 g/mol. The van der Waals surface area contributed by atoms with Gasteiger partial charge in [0.05, 0.1) is 16.4 Å². The fourth-order valence-corrected chi connectivity index (χ4v) is 7.37. The Bertz CT molecular complexity index is 1070.